The van der Waals surface area contributed by atoms with E-state index in [2.05, 4.69) is 43.1 Å². The van der Waals surface area contributed by atoms with Crippen molar-refractivity contribution in [2.24, 2.45) is 29.6 Å². The number of hydrogen-bond donors (Lipinski definition) is 5. The average Bonchev–Trinajstić information content (AvgIpc) is 3.86. The smallest absolute Gasteiger partial charge is 0.309 e. The van der Waals surface area contributed by atoms with Crippen molar-refractivity contribution in [3.8, 4) is 0 Å². The Morgan fingerprint density at radius 2 is 1.82 bits per heavy atom. The van der Waals surface area contributed by atoms with Crippen molar-refractivity contribution in [3.63, 3.8) is 0 Å². The minimum atomic E-state index is -1.03. The van der Waals surface area contributed by atoms with Crippen LogP contribution in [0.3, 0.4) is 0 Å². The van der Waals surface area contributed by atoms with Gasteiger partial charge in [0, 0.05) is 12.1 Å². The minimum absolute atomic E-state index is 0.0370. The van der Waals surface area contributed by atoms with E-state index in [1.165, 1.54) is 30.4 Å². The summed E-state index contributed by atoms with van der Waals surface area (Å²) in [6, 6.07) is 6.26. The lowest BCUT2D eigenvalue weighted by Gasteiger charge is -2.37. The van der Waals surface area contributed by atoms with E-state index >= 15 is 0 Å². The highest BCUT2D eigenvalue weighted by Gasteiger charge is 2.54. The van der Waals surface area contributed by atoms with Gasteiger partial charge in [0.25, 0.3) is 0 Å². The largest absolute Gasteiger partial charge is 0.667 e. The van der Waals surface area contributed by atoms with E-state index in [1.807, 2.05) is 12.3 Å². The molecule has 0 aromatic carbocycles. The lowest BCUT2D eigenvalue weighted by molar-refractivity contribution is -0.146. The number of aliphatic hydroxyl groups is 3. The van der Waals surface area contributed by atoms with Gasteiger partial charge in [-0.25, -0.2) is 4.98 Å². The molecule has 2 fully saturated rings. The summed E-state index contributed by atoms with van der Waals surface area (Å²) < 4.78 is 0. The average molecular weight is 705 g/mol. The standard InChI is InChI=1S/C43H66N3O5/c1-3-5-7-12-31-15-16-32(39(48)24-31)13-8-6-9-14-37(41(49)50)38(47)17-21-43(51)28-35(25-34(43)26-36-23-30(4-2)29-46-36)42(19-10-11-20-42)33-18-22-45-40(44)27-33/h15-16,18,22-23,27,29,31-32,34-35,37-39,47-48,51H,3-14,17,19-21,24-26,28H2,1-2H3,(H2,44,45)(H,49,50)/q-1. The molecule has 8 heteroatoms. The van der Waals surface area contributed by atoms with Crippen molar-refractivity contribution in [1.29, 1.82) is 0 Å². The highest BCUT2D eigenvalue weighted by Crippen LogP contribution is 2.57. The van der Waals surface area contributed by atoms with Gasteiger partial charge in [-0.2, -0.15) is 11.9 Å². The number of allylic oxidation sites excluding steroid dienone is 1. The zero-order chi connectivity index (χ0) is 36.4. The number of nitrogen functional groups attached to an aromatic ring is 1. The summed E-state index contributed by atoms with van der Waals surface area (Å²) in [5, 5.41) is 44.7. The molecule has 0 radical (unpaired) electrons. The van der Waals surface area contributed by atoms with Crippen LogP contribution in [-0.4, -0.2) is 49.2 Å². The van der Waals surface area contributed by atoms with E-state index in [1.54, 1.807) is 6.20 Å². The van der Waals surface area contributed by atoms with E-state index in [9.17, 15) is 25.2 Å². The fourth-order valence-electron chi connectivity index (χ4n) is 10.1. The zero-order valence-corrected chi connectivity index (χ0v) is 31.4. The molecule has 0 spiro atoms. The summed E-state index contributed by atoms with van der Waals surface area (Å²) in [7, 11) is 0. The van der Waals surface area contributed by atoms with Crippen LogP contribution in [-0.2, 0) is 23.1 Å². The van der Waals surface area contributed by atoms with Crippen LogP contribution in [0.4, 0.5) is 5.82 Å². The third-order valence-corrected chi connectivity index (χ3v) is 13.2. The predicted molar refractivity (Wildman–Crippen MR) is 203 cm³/mol. The Hall–Kier alpha value is -2.68. The second-order valence-electron chi connectivity index (χ2n) is 16.6. The van der Waals surface area contributed by atoms with Crippen molar-refractivity contribution >= 4 is 11.8 Å². The fourth-order valence-corrected chi connectivity index (χ4v) is 10.1. The Balaban J connectivity index is 1.18. The molecule has 8 unspecified atom stereocenters. The van der Waals surface area contributed by atoms with Gasteiger partial charge in [0.2, 0.25) is 0 Å². The van der Waals surface area contributed by atoms with Gasteiger partial charge < -0.3 is 31.1 Å². The Bertz CT molecular complexity index is 1400. The highest BCUT2D eigenvalue weighted by molar-refractivity contribution is 5.70. The molecule has 0 amide bonds. The summed E-state index contributed by atoms with van der Waals surface area (Å²) in [6.45, 7) is 4.33. The number of carboxylic acids is 1. The van der Waals surface area contributed by atoms with Crippen molar-refractivity contribution in [2.45, 2.75) is 165 Å². The summed E-state index contributed by atoms with van der Waals surface area (Å²) >= 11 is 0. The fraction of sp³-hybridized carbons (Fsp3) is 0.721. The topological polar surface area (TPSA) is 151 Å². The molecule has 0 bridgehead atoms. The van der Waals surface area contributed by atoms with Crippen LogP contribution in [0, 0.1) is 29.6 Å². The SMILES string of the molecule is CCCCCC1C=CC(CCCCCC(C(=O)O)C(O)CCC2(O)CC(C3(c4ccnc(N)c4)CCCC3)CC2Cc2cc(CC)c[n-]2)C(O)C1. The van der Waals surface area contributed by atoms with E-state index in [-0.39, 0.29) is 35.7 Å². The van der Waals surface area contributed by atoms with Gasteiger partial charge in [0.1, 0.15) is 5.82 Å². The predicted octanol–water partition coefficient (Wildman–Crippen LogP) is 7.92. The summed E-state index contributed by atoms with van der Waals surface area (Å²) in [6.07, 6.45) is 24.5. The van der Waals surface area contributed by atoms with Crippen LogP contribution in [0.25, 0.3) is 0 Å². The first kappa shape index (κ1) is 39.5. The lowest BCUT2D eigenvalue weighted by atomic mass is 9.67. The first-order valence-corrected chi connectivity index (χ1v) is 20.4. The Morgan fingerprint density at radius 3 is 2.51 bits per heavy atom. The van der Waals surface area contributed by atoms with Crippen LogP contribution < -0.4 is 10.7 Å². The second-order valence-corrected chi connectivity index (χ2v) is 16.6. The molecule has 8 nitrogen and oxygen atoms in total. The Labute approximate surface area is 306 Å². The number of unbranched alkanes of at least 4 members (excludes halogenated alkanes) is 4. The summed E-state index contributed by atoms with van der Waals surface area (Å²) in [5.74, 6) is -0.446. The van der Waals surface area contributed by atoms with Crippen molar-refractivity contribution < 1.29 is 25.2 Å². The lowest BCUT2D eigenvalue weighted by Crippen LogP contribution is -2.38. The number of aromatic nitrogens is 2. The number of rotatable bonds is 20. The van der Waals surface area contributed by atoms with E-state index in [0.717, 1.165) is 82.7 Å². The molecule has 2 aromatic rings. The quantitative estimate of drug-likeness (QED) is 0.0689. The number of aliphatic hydroxyl groups excluding tert-OH is 2. The van der Waals surface area contributed by atoms with Crippen LogP contribution >= 0.6 is 0 Å². The maximum Gasteiger partial charge on any atom is 0.309 e. The monoisotopic (exact) mass is 705 g/mol. The molecule has 284 valence electrons. The molecule has 2 heterocycles. The van der Waals surface area contributed by atoms with E-state index in [0.29, 0.717) is 37.4 Å². The summed E-state index contributed by atoms with van der Waals surface area (Å²) in [5.41, 5.74) is 8.47. The third kappa shape index (κ3) is 10.1. The van der Waals surface area contributed by atoms with Crippen LogP contribution in [0.5, 0.6) is 0 Å². The Kier molecular flexibility index (Phi) is 14.2. The zero-order valence-electron chi connectivity index (χ0n) is 31.4. The van der Waals surface area contributed by atoms with Crippen LogP contribution in [0.2, 0.25) is 0 Å². The van der Waals surface area contributed by atoms with Gasteiger partial charge in [-0.05, 0) is 118 Å². The van der Waals surface area contributed by atoms with Crippen molar-refractivity contribution in [3.05, 3.63) is 59.6 Å². The number of pyridine rings is 1. The molecule has 0 aliphatic heterocycles. The number of carbonyl (C=O) groups is 1. The number of carboxylic acid groups (broad SMARTS) is 1. The van der Waals surface area contributed by atoms with Gasteiger partial charge >= 0.3 is 5.97 Å². The summed E-state index contributed by atoms with van der Waals surface area (Å²) in [4.78, 5) is 21.3. The van der Waals surface area contributed by atoms with Crippen molar-refractivity contribution in [1.82, 2.24) is 9.97 Å². The van der Waals surface area contributed by atoms with Crippen molar-refractivity contribution in [2.75, 3.05) is 5.73 Å². The van der Waals surface area contributed by atoms with Gasteiger partial charge in [-0.15, -0.1) is 0 Å². The molecule has 8 atom stereocenters. The molecule has 6 N–H and O–H groups in total. The van der Waals surface area contributed by atoms with Gasteiger partial charge in [0.05, 0.1) is 23.7 Å². The number of aryl methyl sites for hydroxylation is 1. The molecule has 51 heavy (non-hydrogen) atoms. The van der Waals surface area contributed by atoms with E-state index in [4.69, 9.17) is 10.7 Å². The molecular formula is C43H66N3O5-. The number of hydrogen-bond acceptors (Lipinski definition) is 6. The van der Waals surface area contributed by atoms with Gasteiger partial charge in [-0.1, -0.05) is 89.0 Å². The maximum atomic E-state index is 12.5. The molecule has 3 aliphatic rings. The molecule has 2 saturated carbocycles. The number of aliphatic carboxylic acids is 1. The van der Waals surface area contributed by atoms with Crippen LogP contribution in [0.15, 0.2) is 42.7 Å². The number of nitrogens with zero attached hydrogens (tertiary/aromatic N) is 2. The third-order valence-electron chi connectivity index (χ3n) is 13.2. The normalized spacial score (nSPS) is 28.6. The van der Waals surface area contributed by atoms with Crippen LogP contribution in [0.1, 0.15) is 146 Å². The first-order chi connectivity index (χ1) is 24.6. The molecular weight excluding hydrogens is 638 g/mol. The molecule has 3 aliphatic carbocycles. The second kappa shape index (κ2) is 18.4. The number of nitrogens with two attached hydrogens (primary N) is 1. The molecule has 2 aromatic heterocycles. The Morgan fingerprint density at radius 1 is 1.04 bits per heavy atom. The maximum absolute atomic E-state index is 12.5. The minimum Gasteiger partial charge on any atom is -0.667 e. The van der Waals surface area contributed by atoms with Gasteiger partial charge in [-0.3, -0.25) is 4.79 Å². The molecule has 0 saturated heterocycles. The number of anilines is 1. The first-order valence-electron chi connectivity index (χ1n) is 20.4. The van der Waals surface area contributed by atoms with Gasteiger partial charge in [0.15, 0.2) is 0 Å². The van der Waals surface area contributed by atoms with E-state index < -0.39 is 23.6 Å². The molecule has 5 rings (SSSR count). The highest BCUT2D eigenvalue weighted by atomic mass is 16.4.